The summed E-state index contributed by atoms with van der Waals surface area (Å²) in [5.74, 6) is -2.88. The van der Waals surface area contributed by atoms with Crippen LogP contribution in [0.25, 0.3) is 0 Å². The maximum absolute atomic E-state index is 13.0. The molecule has 13 heteroatoms. The van der Waals surface area contributed by atoms with Crippen LogP contribution in [0.15, 0.2) is 33.5 Å². The van der Waals surface area contributed by atoms with Crippen LogP contribution in [0.2, 0.25) is 0 Å². The van der Waals surface area contributed by atoms with Crippen molar-refractivity contribution >= 4 is 11.8 Å². The highest BCUT2D eigenvalue weighted by molar-refractivity contribution is 5.94. The first-order valence-electron chi connectivity index (χ1n) is 11.2. The molecule has 0 saturated heterocycles. The van der Waals surface area contributed by atoms with Gasteiger partial charge >= 0.3 is 11.8 Å². The molecule has 0 bridgehead atoms. The third-order valence-corrected chi connectivity index (χ3v) is 4.55. The summed E-state index contributed by atoms with van der Waals surface area (Å²) >= 11 is 0. The molecule has 2 aromatic heterocycles. The minimum atomic E-state index is -1.27. The van der Waals surface area contributed by atoms with Crippen molar-refractivity contribution < 1.29 is 23.5 Å². The van der Waals surface area contributed by atoms with Crippen molar-refractivity contribution in [3.8, 4) is 5.75 Å². The van der Waals surface area contributed by atoms with Crippen LogP contribution in [0.1, 0.15) is 73.1 Å². The van der Waals surface area contributed by atoms with Gasteiger partial charge in [0.05, 0.1) is 5.54 Å². The molecule has 0 fully saturated rings. The zero-order valence-electron chi connectivity index (χ0n) is 21.8. The monoisotopic (exact) mass is 517 g/mol. The van der Waals surface area contributed by atoms with E-state index in [1.54, 1.807) is 13.8 Å². The van der Waals surface area contributed by atoms with E-state index in [1.165, 1.54) is 38.2 Å². The van der Waals surface area contributed by atoms with Gasteiger partial charge in [0.1, 0.15) is 11.6 Å². The Morgan fingerprint density at radius 2 is 1.68 bits per heavy atom. The topological polar surface area (TPSA) is 178 Å². The molecular formula is C24H32FN7O5. The molecule has 0 atom stereocenters. The molecule has 1 aromatic carbocycles. The van der Waals surface area contributed by atoms with Crippen LogP contribution in [0.4, 0.5) is 4.39 Å². The second-order valence-electron chi connectivity index (χ2n) is 9.88. The van der Waals surface area contributed by atoms with E-state index < -0.39 is 40.2 Å². The molecule has 2 heterocycles. The maximum Gasteiger partial charge on any atom is 0.309 e. The summed E-state index contributed by atoms with van der Waals surface area (Å²) in [6.45, 7) is 10.5. The van der Waals surface area contributed by atoms with Crippen LogP contribution >= 0.6 is 0 Å². The molecule has 2 amide bonds. The van der Waals surface area contributed by atoms with Gasteiger partial charge in [0.25, 0.3) is 11.5 Å². The van der Waals surface area contributed by atoms with E-state index in [1.807, 2.05) is 20.8 Å². The highest BCUT2D eigenvalue weighted by atomic mass is 19.1. The highest BCUT2D eigenvalue weighted by Crippen LogP contribution is 2.20. The Morgan fingerprint density at radius 3 is 2.19 bits per heavy atom. The average molecular weight is 518 g/mol. The Kier molecular flexibility index (Phi) is 8.88. The van der Waals surface area contributed by atoms with Crippen molar-refractivity contribution in [2.24, 2.45) is 12.8 Å². The lowest BCUT2D eigenvalue weighted by Crippen LogP contribution is -2.46. The van der Waals surface area contributed by atoms with Crippen molar-refractivity contribution in [3.05, 3.63) is 69.3 Å². The zero-order chi connectivity index (χ0) is 28.1. The summed E-state index contributed by atoms with van der Waals surface area (Å²) in [4.78, 5) is 41.7. The summed E-state index contributed by atoms with van der Waals surface area (Å²) in [7, 11) is 1.34. The van der Waals surface area contributed by atoms with Gasteiger partial charge < -0.3 is 25.9 Å². The number of aromatic hydroxyl groups is 1. The number of hydrogen-bond acceptors (Lipinski definition) is 9. The first-order valence-corrected chi connectivity index (χ1v) is 11.2. The molecule has 0 spiro atoms. The number of amides is 2. The molecule has 0 saturated carbocycles. The molecule has 5 N–H and O–H groups in total. The molecule has 200 valence electrons. The van der Waals surface area contributed by atoms with E-state index in [9.17, 15) is 23.9 Å². The minimum Gasteiger partial charge on any atom is -0.501 e. The summed E-state index contributed by atoms with van der Waals surface area (Å²) < 4.78 is 19.1. The van der Waals surface area contributed by atoms with Gasteiger partial charge in [-0.1, -0.05) is 12.1 Å². The molecular weight excluding hydrogens is 485 g/mol. The molecule has 3 rings (SSSR count). The Hall–Kier alpha value is -4.13. The van der Waals surface area contributed by atoms with Crippen molar-refractivity contribution in [2.75, 3.05) is 0 Å². The molecule has 0 radical (unpaired) electrons. The number of rotatable bonds is 6. The summed E-state index contributed by atoms with van der Waals surface area (Å²) in [6, 6.07) is 5.44. The SMILES string of the molecule is CC(C)(C)N.Cc1nnc(C(=O)NC(C)(C)c2nc(C(=O)NCc3ccc(F)cc3)c(O)c(=O)n2C)o1. The molecule has 0 aliphatic rings. The molecule has 37 heavy (non-hydrogen) atoms. The second kappa shape index (κ2) is 11.3. The van der Waals surface area contributed by atoms with Gasteiger partial charge in [-0.3, -0.25) is 19.0 Å². The number of benzene rings is 1. The van der Waals surface area contributed by atoms with E-state index in [2.05, 4.69) is 25.8 Å². The fourth-order valence-corrected chi connectivity index (χ4v) is 2.96. The molecule has 3 aromatic rings. The number of hydrogen-bond donors (Lipinski definition) is 4. The lowest BCUT2D eigenvalue weighted by molar-refractivity contribution is 0.0869. The number of nitrogens with two attached hydrogens (primary N) is 1. The third-order valence-electron chi connectivity index (χ3n) is 4.55. The molecule has 0 aliphatic heterocycles. The molecule has 0 unspecified atom stereocenters. The number of nitrogens with zero attached hydrogens (tertiary/aromatic N) is 4. The van der Waals surface area contributed by atoms with Gasteiger partial charge in [0.2, 0.25) is 11.6 Å². The van der Waals surface area contributed by atoms with E-state index in [0.29, 0.717) is 5.56 Å². The quantitative estimate of drug-likeness (QED) is 0.378. The smallest absolute Gasteiger partial charge is 0.309 e. The standard InChI is InChI=1S/C20H21FN6O5.C4H11N/c1-10-25-26-17(32-10)16(30)24-20(2,3)19-23-13(14(28)18(31)27(19)4)15(29)22-9-11-5-7-12(21)8-6-11;1-4(2,3)5/h5-8,28H,9H2,1-4H3,(H,22,29)(H,24,30);5H2,1-3H3. The second-order valence-corrected chi connectivity index (χ2v) is 9.88. The molecule has 0 aliphatic carbocycles. The fourth-order valence-electron chi connectivity index (χ4n) is 2.96. The first kappa shape index (κ1) is 29.1. The van der Waals surface area contributed by atoms with Gasteiger partial charge in [-0.05, 0) is 52.3 Å². The van der Waals surface area contributed by atoms with E-state index >= 15 is 0 Å². The third kappa shape index (κ3) is 8.20. The summed E-state index contributed by atoms with van der Waals surface area (Å²) in [5, 5.41) is 22.6. The van der Waals surface area contributed by atoms with Crippen molar-refractivity contribution in [1.82, 2.24) is 30.4 Å². The highest BCUT2D eigenvalue weighted by Gasteiger charge is 2.32. The largest absolute Gasteiger partial charge is 0.501 e. The number of halogens is 1. The van der Waals surface area contributed by atoms with Crippen molar-refractivity contribution in [2.45, 2.75) is 59.2 Å². The zero-order valence-corrected chi connectivity index (χ0v) is 21.8. The number of aromatic nitrogens is 4. The predicted octanol–water partition coefficient (Wildman–Crippen LogP) is 1.66. The van der Waals surface area contributed by atoms with Crippen molar-refractivity contribution in [1.29, 1.82) is 0 Å². The predicted molar refractivity (Wildman–Crippen MR) is 132 cm³/mol. The van der Waals surface area contributed by atoms with Crippen LogP contribution in [0.5, 0.6) is 5.75 Å². The van der Waals surface area contributed by atoms with Gasteiger partial charge in [-0.2, -0.15) is 0 Å². The summed E-state index contributed by atoms with van der Waals surface area (Å²) in [6.07, 6.45) is 0. The van der Waals surface area contributed by atoms with Crippen LogP contribution in [0, 0.1) is 12.7 Å². The van der Waals surface area contributed by atoms with Crippen LogP contribution in [-0.2, 0) is 19.1 Å². The van der Waals surface area contributed by atoms with E-state index in [4.69, 9.17) is 10.2 Å². The van der Waals surface area contributed by atoms with E-state index in [0.717, 1.165) is 4.57 Å². The Bertz CT molecular complexity index is 1320. The van der Waals surface area contributed by atoms with Crippen LogP contribution < -0.4 is 21.9 Å². The minimum absolute atomic E-state index is 0. The fraction of sp³-hybridized carbons (Fsp3) is 0.417. The lowest BCUT2D eigenvalue weighted by Gasteiger charge is -2.27. The average Bonchev–Trinajstić information content (AvgIpc) is 3.22. The summed E-state index contributed by atoms with van der Waals surface area (Å²) in [5.41, 5.74) is 3.30. The maximum atomic E-state index is 13.0. The lowest BCUT2D eigenvalue weighted by atomic mass is 10.0. The Morgan fingerprint density at radius 1 is 1.11 bits per heavy atom. The van der Waals surface area contributed by atoms with Gasteiger partial charge in [0, 0.05) is 26.1 Å². The Labute approximate surface area is 213 Å². The van der Waals surface area contributed by atoms with Crippen LogP contribution in [-0.4, -0.2) is 42.2 Å². The molecule has 12 nitrogen and oxygen atoms in total. The normalized spacial score (nSPS) is 11.4. The first-order chi connectivity index (χ1) is 17.0. The van der Waals surface area contributed by atoms with Gasteiger partial charge in [-0.25, -0.2) is 9.37 Å². The number of nitrogens with one attached hydrogen (secondary N) is 2. The number of aryl methyl sites for hydroxylation is 1. The van der Waals surface area contributed by atoms with Crippen molar-refractivity contribution in [3.63, 3.8) is 0 Å². The number of carbonyl (C=O) groups is 2. The van der Waals surface area contributed by atoms with Gasteiger partial charge in [0.15, 0.2) is 5.69 Å². The Balaban J connectivity index is 0.000000877. The van der Waals surface area contributed by atoms with Gasteiger partial charge in [-0.15, -0.1) is 10.2 Å². The number of carbonyl (C=O) groups excluding carboxylic acids is 2. The van der Waals surface area contributed by atoms with Crippen LogP contribution in [0.3, 0.4) is 0 Å². The van der Waals surface area contributed by atoms with E-state index in [-0.39, 0.29) is 29.7 Å².